The molecule has 0 spiro atoms. The molecule has 0 amide bonds. The summed E-state index contributed by atoms with van der Waals surface area (Å²) < 4.78 is 15.4. The molecule has 1 atom stereocenters. The van der Waals surface area contributed by atoms with Crippen LogP contribution in [0.25, 0.3) is 0 Å². The quantitative estimate of drug-likeness (QED) is 0.433. The van der Waals surface area contributed by atoms with E-state index in [9.17, 15) is 0 Å². The van der Waals surface area contributed by atoms with Gasteiger partial charge in [0.25, 0.3) is 0 Å². The summed E-state index contributed by atoms with van der Waals surface area (Å²) in [6.07, 6.45) is 8.19. The molecule has 3 nitrogen and oxygen atoms in total. The van der Waals surface area contributed by atoms with Crippen molar-refractivity contribution in [2.24, 2.45) is 0 Å². The fourth-order valence-corrected chi connectivity index (χ4v) is 1.19. The molecule has 0 bridgehead atoms. The average molecular weight is 243 g/mol. The highest BCUT2D eigenvalue weighted by Gasteiger charge is 2.31. The third-order valence-corrected chi connectivity index (χ3v) is 1.87. The lowest BCUT2D eigenvalue weighted by Gasteiger charge is -2.31. The maximum Gasteiger partial charge on any atom is 0.235 e. The summed E-state index contributed by atoms with van der Waals surface area (Å²) in [6.45, 7) is 7.66. The van der Waals surface area contributed by atoms with Gasteiger partial charge in [0, 0.05) is 22.3 Å². The normalized spacial score (nSPS) is 24.5. The van der Waals surface area contributed by atoms with Crippen molar-refractivity contribution in [3.05, 3.63) is 0 Å². The minimum atomic E-state index is -0.825. The Kier molecular flexibility index (Phi) is 8.58. The monoisotopic (exact) mass is 243 g/mol. The molecule has 0 aromatic heterocycles. The molecule has 1 aliphatic rings. The first kappa shape index (κ1) is 15.7. The Hall–Kier alpha value is -0.343. The largest absolute Gasteiger partial charge is 0.358 e. The van der Waals surface area contributed by atoms with E-state index in [0.29, 0.717) is 6.61 Å². The van der Waals surface area contributed by atoms with Crippen LogP contribution in [0.5, 0.6) is 0 Å². The fraction of sp³-hybridized carbons (Fsp3) is 0.833. The van der Waals surface area contributed by atoms with Crippen molar-refractivity contribution in [2.45, 2.75) is 44.7 Å². The van der Waals surface area contributed by atoms with E-state index in [1.807, 2.05) is 0 Å². The van der Waals surface area contributed by atoms with Crippen LogP contribution >= 0.6 is 0 Å². The Morgan fingerprint density at radius 1 is 1.38 bits per heavy atom. The van der Waals surface area contributed by atoms with Crippen molar-refractivity contribution in [3.63, 3.8) is 0 Å². The van der Waals surface area contributed by atoms with Gasteiger partial charge in [0.2, 0.25) is 5.79 Å². The van der Waals surface area contributed by atoms with E-state index in [0.717, 1.165) is 19.3 Å². The number of methoxy groups -OCH3 is 1. The van der Waals surface area contributed by atoms with E-state index in [4.69, 9.17) is 20.6 Å². The Balaban J connectivity index is 0.000000487. The van der Waals surface area contributed by atoms with E-state index in [-0.39, 0.29) is 15.6 Å². The van der Waals surface area contributed by atoms with Gasteiger partial charge in [-0.2, -0.15) is 0 Å². The molecule has 1 unspecified atom stereocenters. The highest BCUT2D eigenvalue weighted by molar-refractivity contribution is 6.54. The Labute approximate surface area is 101 Å². The molecule has 1 rings (SSSR count). The maximum absolute atomic E-state index is 5.38. The highest BCUT2D eigenvalue weighted by atomic mass is 28.3. The van der Waals surface area contributed by atoms with Gasteiger partial charge in [0.1, 0.15) is 0 Å². The first-order valence-corrected chi connectivity index (χ1v) is 8.57. The van der Waals surface area contributed by atoms with Gasteiger partial charge in [-0.3, -0.25) is 0 Å². The first-order valence-electron chi connectivity index (χ1n) is 5.57. The Bertz CT molecular complexity index is 202. The topological polar surface area (TPSA) is 27.7 Å². The van der Waals surface area contributed by atoms with Crippen LogP contribution in [0.15, 0.2) is 0 Å². The molecule has 0 aromatic carbocycles. The lowest BCUT2D eigenvalue weighted by atomic mass is 10.1. The number of rotatable bonds is 3. The van der Waals surface area contributed by atoms with E-state index in [1.165, 1.54) is 0 Å². The van der Waals surface area contributed by atoms with E-state index in [1.54, 1.807) is 7.11 Å². The van der Waals surface area contributed by atoms with Gasteiger partial charge in [0.15, 0.2) is 6.79 Å². The molecule has 1 radical (unpaired) electrons. The van der Waals surface area contributed by atoms with Crippen molar-refractivity contribution >= 4 is 8.80 Å². The van der Waals surface area contributed by atoms with Gasteiger partial charge in [-0.25, -0.2) is 0 Å². The van der Waals surface area contributed by atoms with Gasteiger partial charge in [-0.1, -0.05) is 19.6 Å². The Morgan fingerprint density at radius 2 is 2.00 bits per heavy atom. The molecule has 93 valence electrons. The number of terminal acetylenes is 1. The lowest BCUT2D eigenvalue weighted by molar-refractivity contribution is -0.249. The maximum atomic E-state index is 5.38. The zero-order valence-corrected chi connectivity index (χ0v) is 11.8. The molecule has 4 heteroatoms. The third kappa shape index (κ3) is 7.02. The van der Waals surface area contributed by atoms with Crippen LogP contribution in [0, 0.1) is 12.3 Å². The van der Waals surface area contributed by atoms with Crippen LogP contribution in [0.3, 0.4) is 0 Å². The molecule has 1 aliphatic heterocycles. The van der Waals surface area contributed by atoms with Gasteiger partial charge in [-0.05, 0) is 18.8 Å². The summed E-state index contributed by atoms with van der Waals surface area (Å²) in [7, 11) is 1.68. The van der Waals surface area contributed by atoms with E-state index < -0.39 is 5.79 Å². The van der Waals surface area contributed by atoms with E-state index in [2.05, 4.69) is 25.6 Å². The summed E-state index contributed by atoms with van der Waals surface area (Å²) in [5.74, 6) is 1.70. The van der Waals surface area contributed by atoms with Crippen molar-refractivity contribution in [1.29, 1.82) is 0 Å². The summed E-state index contributed by atoms with van der Waals surface area (Å²) in [4.78, 5) is 0. The van der Waals surface area contributed by atoms with Gasteiger partial charge < -0.3 is 14.2 Å². The van der Waals surface area contributed by atoms with Crippen LogP contribution in [0.4, 0.5) is 0 Å². The van der Waals surface area contributed by atoms with Crippen molar-refractivity contribution < 1.29 is 14.2 Å². The molecule has 0 aromatic rings. The molecular weight excluding hydrogens is 220 g/mol. The summed E-state index contributed by atoms with van der Waals surface area (Å²) in [5, 5.41) is 0. The summed E-state index contributed by atoms with van der Waals surface area (Å²) in [5.41, 5.74) is 0. The second kappa shape index (κ2) is 8.77. The number of hydrogen-bond donors (Lipinski definition) is 0. The highest BCUT2D eigenvalue weighted by Crippen LogP contribution is 2.25. The number of ether oxygens (including phenoxy) is 3. The summed E-state index contributed by atoms with van der Waals surface area (Å²) >= 11 is 0. The standard InChI is InChI=1S/C9H14O3.C3H9Si/c1-3-9(12-8-10-2)6-4-5-7-11-9;1-4(2)3/h1H,4-8H2,2H3;1-3H3. The fourth-order valence-electron chi connectivity index (χ4n) is 1.19. The van der Waals surface area contributed by atoms with Crippen LogP contribution in [0.2, 0.25) is 19.6 Å². The van der Waals surface area contributed by atoms with Crippen molar-refractivity contribution in [1.82, 2.24) is 0 Å². The van der Waals surface area contributed by atoms with Gasteiger partial charge in [-0.15, -0.1) is 6.42 Å². The van der Waals surface area contributed by atoms with Gasteiger partial charge >= 0.3 is 0 Å². The SMILES string of the molecule is C#CC1(OCOC)CCCCO1.C[Si](C)C. The smallest absolute Gasteiger partial charge is 0.235 e. The molecule has 16 heavy (non-hydrogen) atoms. The molecule has 0 N–H and O–H groups in total. The molecular formula is C12H23O3Si. The molecule has 1 fully saturated rings. The van der Waals surface area contributed by atoms with Crippen LogP contribution in [-0.4, -0.2) is 35.1 Å². The molecule has 1 saturated heterocycles. The lowest BCUT2D eigenvalue weighted by Crippen LogP contribution is -2.38. The second-order valence-electron chi connectivity index (χ2n) is 4.25. The first-order chi connectivity index (χ1) is 7.56. The van der Waals surface area contributed by atoms with Crippen LogP contribution in [0.1, 0.15) is 19.3 Å². The molecule has 1 heterocycles. The predicted molar refractivity (Wildman–Crippen MR) is 67.7 cm³/mol. The van der Waals surface area contributed by atoms with Crippen LogP contribution in [-0.2, 0) is 14.2 Å². The second-order valence-corrected chi connectivity index (χ2v) is 7.25. The van der Waals surface area contributed by atoms with E-state index >= 15 is 0 Å². The minimum absolute atomic E-state index is 0.120. The number of hydrogen-bond acceptors (Lipinski definition) is 3. The van der Waals surface area contributed by atoms with Gasteiger partial charge in [0.05, 0.1) is 6.61 Å². The minimum Gasteiger partial charge on any atom is -0.358 e. The van der Waals surface area contributed by atoms with Crippen molar-refractivity contribution in [2.75, 3.05) is 20.5 Å². The zero-order valence-electron chi connectivity index (χ0n) is 10.8. The summed E-state index contributed by atoms with van der Waals surface area (Å²) in [6, 6.07) is 0. The van der Waals surface area contributed by atoms with Crippen molar-refractivity contribution in [3.8, 4) is 12.3 Å². The third-order valence-electron chi connectivity index (χ3n) is 1.87. The Morgan fingerprint density at radius 3 is 2.38 bits per heavy atom. The average Bonchev–Trinajstić information content (AvgIpc) is 2.27. The predicted octanol–water partition coefficient (Wildman–Crippen LogP) is 2.51. The van der Waals surface area contributed by atoms with Crippen LogP contribution < -0.4 is 0 Å². The zero-order chi connectivity index (χ0) is 12.4. The molecule has 0 aliphatic carbocycles. The molecule has 0 saturated carbocycles.